The number of nitrogens with zero attached hydrogens (tertiary/aromatic N) is 1. The molecule has 8 nitrogen and oxygen atoms in total. The largest absolute Gasteiger partial charge is 0.507 e. The van der Waals surface area contributed by atoms with Crippen molar-refractivity contribution in [3.63, 3.8) is 0 Å². The van der Waals surface area contributed by atoms with Crippen molar-refractivity contribution < 1.29 is 34.1 Å². The molecule has 2 heterocycles. The lowest BCUT2D eigenvalue weighted by Crippen LogP contribution is -2.30. The van der Waals surface area contributed by atoms with Gasteiger partial charge >= 0.3 is 5.97 Å². The molecule has 1 amide bonds. The second kappa shape index (κ2) is 9.66. The topological polar surface area (TPSA) is 113 Å². The number of amides is 1. The highest BCUT2D eigenvalue weighted by atomic mass is 79.9. The Morgan fingerprint density at radius 1 is 1.00 bits per heavy atom. The molecular formula is C24H22BrNO7. The molecule has 2 aliphatic rings. The van der Waals surface area contributed by atoms with Crippen LogP contribution in [0.3, 0.4) is 0 Å². The molecule has 1 fully saturated rings. The quantitative estimate of drug-likeness (QED) is 0.234. The van der Waals surface area contributed by atoms with Crippen molar-refractivity contribution in [3.8, 4) is 11.5 Å². The van der Waals surface area contributed by atoms with Gasteiger partial charge in [0.1, 0.15) is 5.76 Å². The fourth-order valence-corrected chi connectivity index (χ4v) is 4.30. The van der Waals surface area contributed by atoms with Crippen LogP contribution in [0.15, 0.2) is 52.5 Å². The molecule has 2 N–H and O–H groups in total. The second-order valence-electron chi connectivity index (χ2n) is 7.82. The average molecular weight is 516 g/mol. The Balaban J connectivity index is 1.70. The molecule has 4 rings (SSSR count). The lowest BCUT2D eigenvalue weighted by atomic mass is 9.95. The van der Waals surface area contributed by atoms with Crippen LogP contribution in [0.25, 0.3) is 5.76 Å². The molecule has 1 saturated heterocycles. The van der Waals surface area contributed by atoms with Crippen LogP contribution in [-0.2, 0) is 14.4 Å². The number of Topliss-reactive ketones (excluding diaryl/α,β-unsaturated/α-hetero) is 1. The van der Waals surface area contributed by atoms with E-state index in [0.717, 1.165) is 4.47 Å². The second-order valence-corrected chi connectivity index (χ2v) is 8.73. The molecule has 0 saturated carbocycles. The predicted molar refractivity (Wildman–Crippen MR) is 122 cm³/mol. The molecular weight excluding hydrogens is 494 g/mol. The van der Waals surface area contributed by atoms with Crippen LogP contribution in [0.2, 0.25) is 0 Å². The number of ether oxygens (including phenoxy) is 2. The molecule has 0 radical (unpaired) electrons. The number of halogens is 1. The Morgan fingerprint density at radius 3 is 2.45 bits per heavy atom. The maximum absolute atomic E-state index is 13.0. The maximum Gasteiger partial charge on any atom is 0.303 e. The Hall–Kier alpha value is -3.33. The molecule has 2 aromatic rings. The summed E-state index contributed by atoms with van der Waals surface area (Å²) in [4.78, 5) is 38.2. The first-order valence-corrected chi connectivity index (χ1v) is 11.3. The molecule has 0 spiro atoms. The third kappa shape index (κ3) is 4.73. The summed E-state index contributed by atoms with van der Waals surface area (Å²) in [6, 6.07) is 11.2. The zero-order valence-electron chi connectivity index (χ0n) is 17.6. The highest BCUT2D eigenvalue weighted by Crippen LogP contribution is 2.43. The predicted octanol–water partition coefficient (Wildman–Crippen LogP) is 4.24. The van der Waals surface area contributed by atoms with Gasteiger partial charge in [-0.25, -0.2) is 0 Å². The smallest absolute Gasteiger partial charge is 0.303 e. The number of carboxylic acid groups (broad SMARTS) is 1. The highest BCUT2D eigenvalue weighted by Gasteiger charge is 2.46. The number of ketones is 1. The molecule has 9 heteroatoms. The minimum absolute atomic E-state index is 0.00623. The molecule has 0 aromatic heterocycles. The van der Waals surface area contributed by atoms with E-state index in [1.165, 1.54) is 4.90 Å². The van der Waals surface area contributed by atoms with E-state index in [1.807, 2.05) is 0 Å². The molecule has 1 atom stereocenters. The summed E-state index contributed by atoms with van der Waals surface area (Å²) < 4.78 is 11.6. The van der Waals surface area contributed by atoms with Gasteiger partial charge in [0.05, 0.1) is 11.6 Å². The van der Waals surface area contributed by atoms with Crippen molar-refractivity contribution in [1.29, 1.82) is 0 Å². The van der Waals surface area contributed by atoms with Crippen LogP contribution in [0.4, 0.5) is 0 Å². The molecule has 2 aromatic carbocycles. The van der Waals surface area contributed by atoms with Gasteiger partial charge in [-0.1, -0.05) is 40.5 Å². The van der Waals surface area contributed by atoms with E-state index >= 15 is 0 Å². The van der Waals surface area contributed by atoms with E-state index in [1.54, 1.807) is 42.5 Å². The van der Waals surface area contributed by atoms with E-state index in [9.17, 15) is 19.5 Å². The van der Waals surface area contributed by atoms with Gasteiger partial charge in [-0.3, -0.25) is 14.4 Å². The number of rotatable bonds is 8. The summed E-state index contributed by atoms with van der Waals surface area (Å²) in [6.45, 7) is 0.335. The zero-order chi connectivity index (χ0) is 23.5. The first-order valence-electron chi connectivity index (χ1n) is 10.5. The Kier molecular flexibility index (Phi) is 6.69. The number of carboxylic acids is 1. The Morgan fingerprint density at radius 2 is 1.73 bits per heavy atom. The van der Waals surface area contributed by atoms with Crippen molar-refractivity contribution in [2.24, 2.45) is 0 Å². The average Bonchev–Trinajstić information content (AvgIpc) is 3.36. The van der Waals surface area contributed by atoms with Crippen LogP contribution in [0.1, 0.15) is 42.9 Å². The minimum Gasteiger partial charge on any atom is -0.507 e. The van der Waals surface area contributed by atoms with E-state index in [2.05, 4.69) is 15.9 Å². The van der Waals surface area contributed by atoms with Crippen molar-refractivity contribution in [1.82, 2.24) is 4.90 Å². The molecule has 172 valence electrons. The van der Waals surface area contributed by atoms with Gasteiger partial charge in [0.25, 0.3) is 11.7 Å². The number of carbonyl (C=O) groups excluding carboxylic acids is 2. The lowest BCUT2D eigenvalue weighted by Gasteiger charge is -2.25. The molecule has 1 unspecified atom stereocenters. The number of likely N-dealkylation sites (tertiary alicyclic amines) is 1. The van der Waals surface area contributed by atoms with E-state index < -0.39 is 23.7 Å². The van der Waals surface area contributed by atoms with Gasteiger partial charge in [0.15, 0.2) is 11.5 Å². The monoisotopic (exact) mass is 515 g/mol. The van der Waals surface area contributed by atoms with E-state index in [0.29, 0.717) is 41.9 Å². The van der Waals surface area contributed by atoms with Gasteiger partial charge in [0, 0.05) is 23.0 Å². The Bertz CT molecular complexity index is 1130. The van der Waals surface area contributed by atoms with Crippen LogP contribution >= 0.6 is 15.9 Å². The van der Waals surface area contributed by atoms with Crippen LogP contribution < -0.4 is 9.47 Å². The van der Waals surface area contributed by atoms with Crippen molar-refractivity contribution >= 4 is 39.3 Å². The molecule has 2 aliphatic heterocycles. The fourth-order valence-electron chi connectivity index (χ4n) is 4.04. The summed E-state index contributed by atoms with van der Waals surface area (Å²) >= 11 is 3.35. The van der Waals surface area contributed by atoms with Gasteiger partial charge in [-0.15, -0.1) is 0 Å². The highest BCUT2D eigenvalue weighted by molar-refractivity contribution is 9.10. The van der Waals surface area contributed by atoms with Gasteiger partial charge in [-0.05, 0) is 42.7 Å². The maximum atomic E-state index is 13.0. The number of carbonyl (C=O) groups is 3. The van der Waals surface area contributed by atoms with Crippen LogP contribution in [0.5, 0.6) is 11.5 Å². The number of benzene rings is 2. The molecule has 0 bridgehead atoms. The van der Waals surface area contributed by atoms with Gasteiger partial charge < -0.3 is 24.6 Å². The van der Waals surface area contributed by atoms with Gasteiger partial charge in [-0.2, -0.15) is 0 Å². The number of hydrogen-bond acceptors (Lipinski definition) is 6. The first kappa shape index (κ1) is 22.8. The van der Waals surface area contributed by atoms with Gasteiger partial charge in [0.2, 0.25) is 6.79 Å². The summed E-state index contributed by atoms with van der Waals surface area (Å²) in [6.07, 6.45) is 1.65. The van der Waals surface area contributed by atoms with Crippen molar-refractivity contribution in [2.75, 3.05) is 13.3 Å². The summed E-state index contributed by atoms with van der Waals surface area (Å²) in [7, 11) is 0. The first-order chi connectivity index (χ1) is 15.9. The third-order valence-electron chi connectivity index (χ3n) is 5.66. The number of aliphatic hydroxyl groups is 1. The van der Waals surface area contributed by atoms with E-state index in [-0.39, 0.29) is 31.1 Å². The van der Waals surface area contributed by atoms with Crippen LogP contribution in [0, 0.1) is 0 Å². The number of fused-ring (bicyclic) bond motifs is 1. The summed E-state index contributed by atoms with van der Waals surface area (Å²) in [5, 5.41) is 19.9. The minimum atomic E-state index is -0.870. The summed E-state index contributed by atoms with van der Waals surface area (Å²) in [5.74, 6) is -1.51. The SMILES string of the molecule is O=C(O)CCCCCN1C(=O)C(=O)C(=C(O)c2ccc(Br)cc2)C1c1ccc2c(c1)OCO2. The number of unbranched alkanes of at least 4 members (excludes halogenated alkanes) is 2. The third-order valence-corrected chi connectivity index (χ3v) is 6.19. The fraction of sp³-hybridized carbons (Fsp3) is 0.292. The zero-order valence-corrected chi connectivity index (χ0v) is 19.2. The standard InChI is InChI=1S/C24H22BrNO7/c25-16-8-5-14(6-9-16)22(29)20-21(15-7-10-17-18(12-15)33-13-32-17)26(24(31)23(20)30)11-3-1-2-4-19(27)28/h5-10,12,21,29H,1-4,11,13H2,(H,27,28). The normalized spacial score (nSPS) is 18.7. The number of aliphatic carboxylic acids is 1. The van der Waals surface area contributed by atoms with E-state index in [4.69, 9.17) is 14.6 Å². The van der Waals surface area contributed by atoms with Crippen molar-refractivity contribution in [3.05, 3.63) is 63.6 Å². The molecule has 33 heavy (non-hydrogen) atoms. The van der Waals surface area contributed by atoms with Crippen molar-refractivity contribution in [2.45, 2.75) is 31.7 Å². The van der Waals surface area contributed by atoms with Crippen LogP contribution in [-0.4, -0.2) is 46.1 Å². The number of aliphatic hydroxyl groups excluding tert-OH is 1. The lowest BCUT2D eigenvalue weighted by molar-refractivity contribution is -0.140. The molecule has 0 aliphatic carbocycles. The number of hydrogen-bond donors (Lipinski definition) is 2. The Labute approximate surface area is 198 Å². The summed E-state index contributed by atoms with van der Waals surface area (Å²) in [5.41, 5.74) is 1.04.